The normalized spacial score (nSPS) is 10.1. The summed E-state index contributed by atoms with van der Waals surface area (Å²) >= 11 is 0. The molecule has 0 fully saturated rings. The van der Waals surface area contributed by atoms with Gasteiger partial charge in [0.25, 0.3) is 0 Å². The monoisotopic (exact) mass is 304 g/mol. The highest BCUT2D eigenvalue weighted by molar-refractivity contribution is 6.01. The van der Waals surface area contributed by atoms with E-state index in [1.165, 1.54) is 43.3 Å². The number of hydrogen-bond donors (Lipinski definition) is 1. The maximum Gasteiger partial charge on any atom is 0.244 e. The van der Waals surface area contributed by atoms with Crippen LogP contribution in [0.15, 0.2) is 48.5 Å². The Kier molecular flexibility index (Phi) is 4.83. The number of nitrogens with zero attached hydrogens (tertiary/aromatic N) is 1. The second kappa shape index (κ2) is 6.80. The van der Waals surface area contributed by atoms with Crippen LogP contribution >= 0.6 is 0 Å². The molecule has 6 heteroatoms. The highest BCUT2D eigenvalue weighted by Crippen LogP contribution is 2.19. The fourth-order valence-corrected chi connectivity index (χ4v) is 1.95. The highest BCUT2D eigenvalue weighted by atomic mass is 19.1. The number of carbonyl (C=O) groups is 2. The van der Waals surface area contributed by atoms with Crippen molar-refractivity contribution in [3.8, 4) is 0 Å². The van der Waals surface area contributed by atoms with E-state index in [-0.39, 0.29) is 17.9 Å². The molecule has 0 radical (unpaired) electrons. The lowest BCUT2D eigenvalue weighted by Crippen LogP contribution is -2.37. The zero-order valence-corrected chi connectivity index (χ0v) is 11.8. The number of anilines is 2. The Morgan fingerprint density at radius 1 is 1.09 bits per heavy atom. The van der Waals surface area contributed by atoms with Crippen LogP contribution < -0.4 is 10.2 Å². The lowest BCUT2D eigenvalue weighted by Gasteiger charge is -2.21. The molecule has 2 amide bonds. The molecule has 22 heavy (non-hydrogen) atoms. The van der Waals surface area contributed by atoms with E-state index in [0.717, 1.165) is 11.0 Å². The molecular formula is C16H14F2N2O2. The van der Waals surface area contributed by atoms with Gasteiger partial charge in [0, 0.05) is 12.6 Å². The van der Waals surface area contributed by atoms with E-state index in [1.807, 2.05) is 0 Å². The summed E-state index contributed by atoms with van der Waals surface area (Å²) in [5.41, 5.74) is 0.284. The van der Waals surface area contributed by atoms with E-state index in [1.54, 1.807) is 6.07 Å². The molecule has 0 saturated heterocycles. The molecule has 4 nitrogen and oxygen atoms in total. The lowest BCUT2D eigenvalue weighted by molar-refractivity contribution is -0.120. The van der Waals surface area contributed by atoms with Gasteiger partial charge in [-0.15, -0.1) is 0 Å². The van der Waals surface area contributed by atoms with E-state index >= 15 is 0 Å². The van der Waals surface area contributed by atoms with E-state index in [9.17, 15) is 18.4 Å². The Hall–Kier alpha value is -2.76. The summed E-state index contributed by atoms with van der Waals surface area (Å²) in [4.78, 5) is 24.6. The van der Waals surface area contributed by atoms with Crippen molar-refractivity contribution < 1.29 is 18.4 Å². The van der Waals surface area contributed by atoms with Crippen LogP contribution in [0.25, 0.3) is 0 Å². The first-order valence-electron chi connectivity index (χ1n) is 6.55. The molecule has 2 rings (SSSR count). The summed E-state index contributed by atoms with van der Waals surface area (Å²) in [5, 5.41) is 2.46. The van der Waals surface area contributed by atoms with Gasteiger partial charge in [0.15, 0.2) is 0 Å². The predicted octanol–water partition coefficient (Wildman–Crippen LogP) is 2.96. The quantitative estimate of drug-likeness (QED) is 0.944. The molecule has 1 N–H and O–H groups in total. The molecule has 0 spiro atoms. The molecule has 2 aromatic rings. The number of amides is 2. The van der Waals surface area contributed by atoms with Gasteiger partial charge in [-0.1, -0.05) is 18.2 Å². The third-order valence-electron chi connectivity index (χ3n) is 2.93. The Morgan fingerprint density at radius 3 is 2.45 bits per heavy atom. The largest absolute Gasteiger partial charge is 0.324 e. The molecule has 0 unspecified atom stereocenters. The minimum atomic E-state index is -0.601. The molecule has 0 saturated carbocycles. The number of hydrogen-bond acceptors (Lipinski definition) is 2. The van der Waals surface area contributed by atoms with E-state index in [4.69, 9.17) is 0 Å². The summed E-state index contributed by atoms with van der Waals surface area (Å²) in [7, 11) is 0. The molecule has 0 heterocycles. The first-order valence-corrected chi connectivity index (χ1v) is 6.55. The SMILES string of the molecule is CC(=O)N(CC(=O)Nc1cccc(F)c1)c1ccccc1F. The zero-order chi connectivity index (χ0) is 16.1. The number of halogens is 2. The van der Waals surface area contributed by atoms with Gasteiger partial charge in [0.05, 0.1) is 5.69 Å². The topological polar surface area (TPSA) is 49.4 Å². The van der Waals surface area contributed by atoms with Crippen molar-refractivity contribution >= 4 is 23.2 Å². The van der Waals surface area contributed by atoms with Crippen molar-refractivity contribution in [1.29, 1.82) is 0 Å². The van der Waals surface area contributed by atoms with Crippen molar-refractivity contribution in [1.82, 2.24) is 0 Å². The first-order chi connectivity index (χ1) is 10.5. The van der Waals surface area contributed by atoms with Gasteiger partial charge in [0.1, 0.15) is 18.2 Å². The molecule has 0 aliphatic heterocycles. The van der Waals surface area contributed by atoms with Crippen LogP contribution in [0.5, 0.6) is 0 Å². The fraction of sp³-hybridized carbons (Fsp3) is 0.125. The Morgan fingerprint density at radius 2 is 1.82 bits per heavy atom. The highest BCUT2D eigenvalue weighted by Gasteiger charge is 2.18. The first kappa shape index (κ1) is 15.6. The second-order valence-electron chi connectivity index (χ2n) is 4.62. The van der Waals surface area contributed by atoms with Crippen LogP contribution in [0.1, 0.15) is 6.92 Å². The zero-order valence-electron chi connectivity index (χ0n) is 11.8. The molecule has 0 bridgehead atoms. The van der Waals surface area contributed by atoms with Gasteiger partial charge < -0.3 is 10.2 Å². The maximum atomic E-state index is 13.8. The smallest absolute Gasteiger partial charge is 0.244 e. The molecule has 0 aliphatic carbocycles. The van der Waals surface area contributed by atoms with Crippen LogP contribution in [0.3, 0.4) is 0 Å². The number of rotatable bonds is 4. The summed E-state index contributed by atoms with van der Waals surface area (Å²) in [5.74, 6) is -2.12. The Balaban J connectivity index is 2.13. The van der Waals surface area contributed by atoms with Crippen molar-refractivity contribution in [3.63, 3.8) is 0 Å². The summed E-state index contributed by atoms with van der Waals surface area (Å²) in [6.07, 6.45) is 0. The standard InChI is InChI=1S/C16H14F2N2O2/c1-11(21)20(15-8-3-2-7-14(15)18)10-16(22)19-13-6-4-5-12(17)9-13/h2-9H,10H2,1H3,(H,19,22). The summed E-state index contributed by atoms with van der Waals surface area (Å²) in [6.45, 7) is 0.870. The molecule has 2 aromatic carbocycles. The average molecular weight is 304 g/mol. The van der Waals surface area contributed by atoms with E-state index < -0.39 is 23.4 Å². The number of benzene rings is 2. The van der Waals surface area contributed by atoms with Gasteiger partial charge in [-0.05, 0) is 30.3 Å². The van der Waals surface area contributed by atoms with Gasteiger partial charge in [0.2, 0.25) is 11.8 Å². The van der Waals surface area contributed by atoms with Gasteiger partial charge in [-0.25, -0.2) is 8.78 Å². The molecule has 0 aromatic heterocycles. The third kappa shape index (κ3) is 3.88. The third-order valence-corrected chi connectivity index (χ3v) is 2.93. The number of carbonyl (C=O) groups excluding carboxylic acids is 2. The van der Waals surface area contributed by atoms with Crippen LogP contribution in [0.4, 0.5) is 20.2 Å². The maximum absolute atomic E-state index is 13.8. The van der Waals surface area contributed by atoms with Crippen LogP contribution in [-0.2, 0) is 9.59 Å². The van der Waals surface area contributed by atoms with Crippen molar-refractivity contribution in [2.45, 2.75) is 6.92 Å². The van der Waals surface area contributed by atoms with E-state index in [0.29, 0.717) is 0 Å². The fourth-order valence-electron chi connectivity index (χ4n) is 1.95. The van der Waals surface area contributed by atoms with Crippen molar-refractivity contribution in [3.05, 3.63) is 60.2 Å². The molecule has 114 valence electrons. The summed E-state index contributed by atoms with van der Waals surface area (Å²) < 4.78 is 26.8. The minimum absolute atomic E-state index is 0.0180. The molecular weight excluding hydrogens is 290 g/mol. The van der Waals surface area contributed by atoms with Crippen LogP contribution in [0.2, 0.25) is 0 Å². The predicted molar refractivity (Wildman–Crippen MR) is 79.5 cm³/mol. The van der Waals surface area contributed by atoms with Crippen LogP contribution in [-0.4, -0.2) is 18.4 Å². The summed E-state index contributed by atoms with van der Waals surface area (Å²) in [6, 6.07) is 11.0. The van der Waals surface area contributed by atoms with Gasteiger partial charge in [-0.3, -0.25) is 9.59 Å². The van der Waals surface area contributed by atoms with Crippen molar-refractivity contribution in [2.75, 3.05) is 16.8 Å². The van der Waals surface area contributed by atoms with Gasteiger partial charge in [-0.2, -0.15) is 0 Å². The molecule has 0 atom stereocenters. The average Bonchev–Trinajstić information content (AvgIpc) is 2.45. The lowest BCUT2D eigenvalue weighted by atomic mass is 10.2. The number of para-hydroxylation sites is 1. The van der Waals surface area contributed by atoms with Crippen LogP contribution in [0, 0.1) is 11.6 Å². The van der Waals surface area contributed by atoms with Gasteiger partial charge >= 0.3 is 0 Å². The Labute approximate surface area is 126 Å². The second-order valence-corrected chi connectivity index (χ2v) is 4.62. The molecule has 0 aliphatic rings. The Bertz CT molecular complexity index is 704. The van der Waals surface area contributed by atoms with E-state index in [2.05, 4.69) is 5.32 Å². The minimum Gasteiger partial charge on any atom is -0.324 e. The van der Waals surface area contributed by atoms with Crippen molar-refractivity contribution in [2.24, 2.45) is 0 Å². The number of nitrogens with one attached hydrogen (secondary N) is 1.